The van der Waals surface area contributed by atoms with E-state index in [0.717, 1.165) is 35.6 Å². The van der Waals surface area contributed by atoms with E-state index in [2.05, 4.69) is 14.9 Å². The lowest BCUT2D eigenvalue weighted by molar-refractivity contribution is 0.0940. The average Bonchev–Trinajstić information content (AvgIpc) is 2.98. The summed E-state index contributed by atoms with van der Waals surface area (Å²) in [5.74, 6) is -0.111. The minimum absolute atomic E-state index is 0.0650. The second-order valence-corrected chi connectivity index (χ2v) is 5.09. The van der Waals surface area contributed by atoms with Gasteiger partial charge >= 0.3 is 0 Å². The highest BCUT2D eigenvalue weighted by molar-refractivity contribution is 7.07. The molecule has 92 valence electrons. The largest absolute Gasteiger partial charge is 0.399 e. The number of amides is 1. The zero-order chi connectivity index (χ0) is 12.5. The fraction of sp³-hybridized carbons (Fsp3) is 0.250. The SMILES string of the molecule is Nc1ccc2c(c1)CCC2NC(=O)c1cnns1. The molecule has 1 aliphatic carbocycles. The number of carbonyl (C=O) groups is 1. The molecule has 18 heavy (non-hydrogen) atoms. The number of benzene rings is 1. The molecule has 3 N–H and O–H groups in total. The first-order valence-corrected chi connectivity index (χ1v) is 6.48. The van der Waals surface area contributed by atoms with Crippen molar-refractivity contribution in [1.82, 2.24) is 14.9 Å². The summed E-state index contributed by atoms with van der Waals surface area (Å²) in [6.45, 7) is 0. The molecule has 0 spiro atoms. The van der Waals surface area contributed by atoms with E-state index < -0.39 is 0 Å². The Bertz CT molecular complexity index is 582. The van der Waals surface area contributed by atoms with Crippen LogP contribution in [0.15, 0.2) is 24.4 Å². The fourth-order valence-electron chi connectivity index (χ4n) is 2.28. The standard InChI is InChI=1S/C12H12N4OS/c13-8-2-3-9-7(5-8)1-4-10(9)15-12(17)11-6-14-16-18-11/h2-3,5-6,10H,1,4,13H2,(H,15,17). The van der Waals surface area contributed by atoms with Crippen molar-refractivity contribution in [3.8, 4) is 0 Å². The van der Waals surface area contributed by atoms with Crippen molar-refractivity contribution in [3.63, 3.8) is 0 Å². The van der Waals surface area contributed by atoms with Gasteiger partial charge in [-0.3, -0.25) is 4.79 Å². The lowest BCUT2D eigenvalue weighted by Crippen LogP contribution is -2.26. The normalized spacial score (nSPS) is 17.4. The maximum absolute atomic E-state index is 11.9. The Balaban J connectivity index is 1.79. The Morgan fingerprint density at radius 3 is 3.17 bits per heavy atom. The van der Waals surface area contributed by atoms with E-state index in [1.54, 1.807) is 0 Å². The number of nitrogens with zero attached hydrogens (tertiary/aromatic N) is 2. The number of aromatic nitrogens is 2. The third-order valence-electron chi connectivity index (χ3n) is 3.14. The van der Waals surface area contributed by atoms with E-state index in [1.165, 1.54) is 11.8 Å². The molecule has 0 saturated heterocycles. The van der Waals surface area contributed by atoms with Crippen LogP contribution >= 0.6 is 11.5 Å². The number of hydrogen-bond donors (Lipinski definition) is 2. The van der Waals surface area contributed by atoms with E-state index in [0.29, 0.717) is 4.88 Å². The van der Waals surface area contributed by atoms with Gasteiger partial charge in [-0.05, 0) is 47.6 Å². The van der Waals surface area contributed by atoms with Gasteiger partial charge in [0.05, 0.1) is 12.2 Å². The quantitative estimate of drug-likeness (QED) is 0.802. The molecule has 0 bridgehead atoms. The summed E-state index contributed by atoms with van der Waals surface area (Å²) in [5.41, 5.74) is 8.91. The monoisotopic (exact) mass is 260 g/mol. The number of fused-ring (bicyclic) bond motifs is 1. The second-order valence-electron chi connectivity index (χ2n) is 4.30. The molecule has 0 aliphatic heterocycles. The van der Waals surface area contributed by atoms with Crippen molar-refractivity contribution in [2.24, 2.45) is 0 Å². The van der Waals surface area contributed by atoms with Crippen LogP contribution in [-0.2, 0) is 6.42 Å². The number of nitrogen functional groups attached to an aromatic ring is 1. The van der Waals surface area contributed by atoms with Gasteiger partial charge in [0.25, 0.3) is 5.91 Å². The van der Waals surface area contributed by atoms with Gasteiger partial charge in [-0.2, -0.15) is 0 Å². The molecule has 1 unspecified atom stereocenters. The van der Waals surface area contributed by atoms with Gasteiger partial charge in [-0.15, -0.1) is 5.10 Å². The van der Waals surface area contributed by atoms with E-state index in [4.69, 9.17) is 5.73 Å². The van der Waals surface area contributed by atoms with Crippen molar-refractivity contribution in [2.45, 2.75) is 18.9 Å². The molecular formula is C12H12N4OS. The molecule has 1 aromatic carbocycles. The minimum Gasteiger partial charge on any atom is -0.399 e. The molecule has 2 aromatic rings. The van der Waals surface area contributed by atoms with Crippen LogP contribution in [0.3, 0.4) is 0 Å². The first-order chi connectivity index (χ1) is 8.74. The van der Waals surface area contributed by atoms with Crippen molar-refractivity contribution >= 4 is 23.1 Å². The Hall–Kier alpha value is -1.95. The smallest absolute Gasteiger partial charge is 0.265 e. The summed E-state index contributed by atoms with van der Waals surface area (Å²) in [4.78, 5) is 12.5. The molecule has 0 radical (unpaired) electrons. The maximum Gasteiger partial charge on any atom is 0.265 e. The molecule has 1 heterocycles. The van der Waals surface area contributed by atoms with Crippen LogP contribution in [0.1, 0.15) is 33.3 Å². The molecule has 3 rings (SSSR count). The molecule has 1 aromatic heterocycles. The lowest BCUT2D eigenvalue weighted by atomic mass is 10.1. The third kappa shape index (κ3) is 1.95. The van der Waals surface area contributed by atoms with E-state index >= 15 is 0 Å². The zero-order valence-electron chi connectivity index (χ0n) is 9.59. The Morgan fingerprint density at radius 2 is 2.39 bits per heavy atom. The number of nitrogens with one attached hydrogen (secondary N) is 1. The van der Waals surface area contributed by atoms with Gasteiger partial charge in [0, 0.05) is 5.69 Å². The first kappa shape index (κ1) is 11.2. The Morgan fingerprint density at radius 1 is 1.50 bits per heavy atom. The number of aryl methyl sites for hydroxylation is 1. The lowest BCUT2D eigenvalue weighted by Gasteiger charge is -2.13. The minimum atomic E-state index is -0.111. The topological polar surface area (TPSA) is 80.9 Å². The van der Waals surface area contributed by atoms with Crippen LogP contribution in [0.2, 0.25) is 0 Å². The third-order valence-corrected chi connectivity index (χ3v) is 3.80. The number of carbonyl (C=O) groups excluding carboxylic acids is 1. The molecule has 1 atom stereocenters. The summed E-state index contributed by atoms with van der Waals surface area (Å²) >= 11 is 1.10. The molecule has 6 heteroatoms. The van der Waals surface area contributed by atoms with E-state index in [1.807, 2.05) is 18.2 Å². The van der Waals surface area contributed by atoms with Crippen LogP contribution in [-0.4, -0.2) is 15.5 Å². The van der Waals surface area contributed by atoms with Gasteiger partial charge < -0.3 is 11.1 Å². The van der Waals surface area contributed by atoms with Crippen LogP contribution in [0.4, 0.5) is 5.69 Å². The van der Waals surface area contributed by atoms with Crippen LogP contribution in [0.25, 0.3) is 0 Å². The van der Waals surface area contributed by atoms with Crippen molar-refractivity contribution < 1.29 is 4.79 Å². The second kappa shape index (κ2) is 4.38. The zero-order valence-corrected chi connectivity index (χ0v) is 10.4. The first-order valence-electron chi connectivity index (χ1n) is 5.70. The van der Waals surface area contributed by atoms with Gasteiger partial charge in [-0.25, -0.2) is 0 Å². The fourth-order valence-corrected chi connectivity index (χ4v) is 2.70. The van der Waals surface area contributed by atoms with E-state index in [9.17, 15) is 4.79 Å². The predicted octanol–water partition coefficient (Wildman–Crippen LogP) is 1.54. The molecule has 0 saturated carbocycles. The van der Waals surface area contributed by atoms with Gasteiger partial charge in [0.15, 0.2) is 0 Å². The molecule has 1 aliphatic rings. The van der Waals surface area contributed by atoms with Crippen molar-refractivity contribution in [1.29, 1.82) is 0 Å². The molecule has 0 fully saturated rings. The molecule has 5 nitrogen and oxygen atoms in total. The van der Waals surface area contributed by atoms with Gasteiger partial charge in [0.2, 0.25) is 0 Å². The Labute approximate surface area is 108 Å². The Kier molecular flexibility index (Phi) is 2.71. The highest BCUT2D eigenvalue weighted by atomic mass is 32.1. The van der Waals surface area contributed by atoms with Crippen molar-refractivity contribution in [2.75, 3.05) is 5.73 Å². The number of nitrogens with two attached hydrogens (primary N) is 1. The molecular weight excluding hydrogens is 248 g/mol. The summed E-state index contributed by atoms with van der Waals surface area (Å²) in [7, 11) is 0. The van der Waals surface area contributed by atoms with E-state index in [-0.39, 0.29) is 11.9 Å². The predicted molar refractivity (Wildman–Crippen MR) is 69.3 cm³/mol. The van der Waals surface area contributed by atoms with Crippen LogP contribution in [0.5, 0.6) is 0 Å². The maximum atomic E-state index is 11.9. The average molecular weight is 260 g/mol. The van der Waals surface area contributed by atoms with Gasteiger partial charge in [0.1, 0.15) is 4.88 Å². The number of hydrogen-bond acceptors (Lipinski definition) is 5. The van der Waals surface area contributed by atoms with Crippen molar-refractivity contribution in [3.05, 3.63) is 40.4 Å². The summed E-state index contributed by atoms with van der Waals surface area (Å²) in [5, 5.41) is 6.67. The molecule has 1 amide bonds. The van der Waals surface area contributed by atoms with Gasteiger partial charge in [-0.1, -0.05) is 10.6 Å². The highest BCUT2D eigenvalue weighted by Crippen LogP contribution is 2.32. The highest BCUT2D eigenvalue weighted by Gasteiger charge is 2.24. The van der Waals surface area contributed by atoms with Crippen LogP contribution < -0.4 is 11.1 Å². The summed E-state index contributed by atoms with van der Waals surface area (Å²) in [6, 6.07) is 5.91. The number of anilines is 1. The number of rotatable bonds is 2. The summed E-state index contributed by atoms with van der Waals surface area (Å²) < 4.78 is 3.69. The van der Waals surface area contributed by atoms with Crippen LogP contribution in [0, 0.1) is 0 Å². The summed E-state index contributed by atoms with van der Waals surface area (Å²) in [6.07, 6.45) is 3.35.